The molecule has 3 aromatic rings. The van der Waals surface area contributed by atoms with Crippen LogP contribution >= 0.6 is 0 Å². The summed E-state index contributed by atoms with van der Waals surface area (Å²) < 4.78 is 33.3. The molecule has 3 aromatic heterocycles. The Balaban J connectivity index is 1.96. The molecule has 1 atom stereocenters. The molecule has 0 saturated carbocycles. The largest absolute Gasteiger partial charge is 0.443 e. The van der Waals surface area contributed by atoms with Gasteiger partial charge in [0, 0.05) is 36.5 Å². The number of carbonyl (C=O) groups is 1. The number of aryl methyl sites for hydroxylation is 1. The van der Waals surface area contributed by atoms with Gasteiger partial charge in [-0.25, -0.2) is 17.2 Å². The normalized spacial score (nSPS) is 13.2. The number of hydrogen-bond donors (Lipinski definition) is 1. The molecule has 0 fully saturated rings. The van der Waals surface area contributed by atoms with Crippen LogP contribution in [0.3, 0.4) is 0 Å². The first-order valence-corrected chi connectivity index (χ1v) is 12.5. The fraction of sp³-hybridized carbons (Fsp3) is 0.320. The molecule has 0 radical (unpaired) electrons. The maximum Gasteiger partial charge on any atom is 0.405 e. The predicted molar refractivity (Wildman–Crippen MR) is 132 cm³/mol. The summed E-state index contributed by atoms with van der Waals surface area (Å²) in [5, 5.41) is 0. The minimum absolute atomic E-state index is 0.119. The van der Waals surface area contributed by atoms with Gasteiger partial charge in [0.15, 0.2) is 0 Å². The maximum absolute atomic E-state index is 13.4. The van der Waals surface area contributed by atoms with E-state index in [1.165, 1.54) is 3.97 Å². The molecule has 0 saturated heterocycles. The molecule has 3 rings (SSSR count). The summed E-state index contributed by atoms with van der Waals surface area (Å²) >= 11 is 0. The topological polar surface area (TPSA) is 117 Å². The lowest BCUT2D eigenvalue weighted by atomic mass is 9.87. The summed E-state index contributed by atoms with van der Waals surface area (Å²) in [6, 6.07) is 7.34. The number of ether oxygens (including phenoxy) is 1. The highest BCUT2D eigenvalue weighted by Crippen LogP contribution is 2.30. The SMILES string of the molecule is Cc1ccncc1-c1cc(CC(C)C(C)(C)OC(N)=O)cn1S(=O)(=O)CC=Cc1cccnc1. The Morgan fingerprint density at radius 1 is 1.24 bits per heavy atom. The van der Waals surface area contributed by atoms with Crippen LogP contribution in [0.2, 0.25) is 0 Å². The first-order valence-electron chi connectivity index (χ1n) is 10.9. The van der Waals surface area contributed by atoms with E-state index in [1.807, 2.05) is 32.0 Å². The third-order valence-corrected chi connectivity index (χ3v) is 7.37. The minimum atomic E-state index is -3.72. The van der Waals surface area contributed by atoms with E-state index in [0.717, 1.165) is 22.3 Å². The number of pyridine rings is 2. The summed E-state index contributed by atoms with van der Waals surface area (Å²) in [7, 11) is -3.72. The standard InChI is InChI=1S/C25H30N4O4S/c1-18-9-11-28-16-22(18)23-14-21(13-19(2)25(3,4)33-24(26)30)17-29(23)34(31,32)12-6-8-20-7-5-10-27-15-20/h5-11,14-17,19H,12-13H2,1-4H3,(H2,26,30). The zero-order valence-electron chi connectivity index (χ0n) is 19.8. The Morgan fingerprint density at radius 3 is 2.62 bits per heavy atom. The number of carbonyl (C=O) groups excluding carboxylic acids is 1. The number of aromatic nitrogens is 3. The van der Waals surface area contributed by atoms with Crippen LogP contribution in [0.4, 0.5) is 4.79 Å². The van der Waals surface area contributed by atoms with Crippen molar-refractivity contribution in [3.8, 4) is 11.3 Å². The Bertz CT molecular complexity index is 1280. The summed E-state index contributed by atoms with van der Waals surface area (Å²) in [6.45, 7) is 7.41. The predicted octanol–water partition coefficient (Wildman–Crippen LogP) is 4.20. The van der Waals surface area contributed by atoms with Gasteiger partial charge in [0.25, 0.3) is 0 Å². The number of rotatable bonds is 9. The lowest BCUT2D eigenvalue weighted by Crippen LogP contribution is -2.38. The van der Waals surface area contributed by atoms with E-state index in [-0.39, 0.29) is 11.7 Å². The molecule has 0 aliphatic carbocycles. The molecule has 9 heteroatoms. The van der Waals surface area contributed by atoms with E-state index in [1.54, 1.807) is 63.1 Å². The van der Waals surface area contributed by atoms with Gasteiger partial charge in [0.2, 0.25) is 10.0 Å². The second-order valence-electron chi connectivity index (χ2n) is 8.82. The summed E-state index contributed by atoms with van der Waals surface area (Å²) in [4.78, 5) is 19.5. The van der Waals surface area contributed by atoms with E-state index in [4.69, 9.17) is 10.5 Å². The van der Waals surface area contributed by atoms with Gasteiger partial charge in [-0.15, -0.1) is 0 Å². The van der Waals surface area contributed by atoms with Gasteiger partial charge < -0.3 is 10.5 Å². The summed E-state index contributed by atoms with van der Waals surface area (Å²) in [5.74, 6) is -0.305. The number of primary amides is 1. The number of amides is 1. The minimum Gasteiger partial charge on any atom is -0.443 e. The van der Waals surface area contributed by atoms with Crippen molar-refractivity contribution < 1.29 is 17.9 Å². The summed E-state index contributed by atoms with van der Waals surface area (Å²) in [6.07, 6.45) is 11.3. The lowest BCUT2D eigenvalue weighted by molar-refractivity contribution is 0.00479. The Morgan fingerprint density at radius 2 is 1.97 bits per heavy atom. The molecule has 0 bridgehead atoms. The van der Waals surface area contributed by atoms with Crippen LogP contribution in [0.5, 0.6) is 0 Å². The smallest absolute Gasteiger partial charge is 0.405 e. The second-order valence-corrected chi connectivity index (χ2v) is 10.7. The molecule has 1 amide bonds. The molecule has 3 heterocycles. The van der Waals surface area contributed by atoms with E-state index in [2.05, 4.69) is 9.97 Å². The molecule has 0 spiro atoms. The fourth-order valence-corrected chi connectivity index (χ4v) is 4.83. The zero-order chi connectivity index (χ0) is 24.9. The Hall–Kier alpha value is -3.46. The molecule has 180 valence electrons. The van der Waals surface area contributed by atoms with Crippen molar-refractivity contribution >= 4 is 22.2 Å². The Labute approximate surface area is 200 Å². The van der Waals surface area contributed by atoms with E-state index in [0.29, 0.717) is 12.1 Å². The van der Waals surface area contributed by atoms with Gasteiger partial charge in [-0.1, -0.05) is 25.1 Å². The first-order chi connectivity index (χ1) is 16.0. The maximum atomic E-state index is 13.4. The van der Waals surface area contributed by atoms with Crippen LogP contribution in [0, 0.1) is 12.8 Å². The van der Waals surface area contributed by atoms with Gasteiger partial charge in [-0.2, -0.15) is 0 Å². The number of nitrogens with zero attached hydrogens (tertiary/aromatic N) is 3. The number of hydrogen-bond acceptors (Lipinski definition) is 6. The highest BCUT2D eigenvalue weighted by Gasteiger charge is 2.30. The highest BCUT2D eigenvalue weighted by molar-refractivity contribution is 7.90. The first kappa shape index (κ1) is 25.2. The monoisotopic (exact) mass is 482 g/mol. The van der Waals surface area contributed by atoms with Crippen LogP contribution in [-0.4, -0.2) is 39.8 Å². The average Bonchev–Trinajstić information content (AvgIpc) is 3.18. The van der Waals surface area contributed by atoms with Gasteiger partial charge in [0.05, 0.1) is 11.4 Å². The van der Waals surface area contributed by atoms with E-state index < -0.39 is 21.7 Å². The fourth-order valence-electron chi connectivity index (χ4n) is 3.59. The average molecular weight is 483 g/mol. The van der Waals surface area contributed by atoms with Crippen molar-refractivity contribution in [1.82, 2.24) is 13.9 Å². The van der Waals surface area contributed by atoms with Crippen molar-refractivity contribution in [2.75, 3.05) is 5.75 Å². The van der Waals surface area contributed by atoms with Gasteiger partial charge in [0.1, 0.15) is 5.60 Å². The van der Waals surface area contributed by atoms with Crippen molar-refractivity contribution in [3.05, 3.63) is 78.0 Å². The highest BCUT2D eigenvalue weighted by atomic mass is 32.2. The molecule has 2 N–H and O–H groups in total. The van der Waals surface area contributed by atoms with Crippen molar-refractivity contribution in [1.29, 1.82) is 0 Å². The molecule has 1 unspecified atom stereocenters. The summed E-state index contributed by atoms with van der Waals surface area (Å²) in [5.41, 5.74) is 8.19. The molecular weight excluding hydrogens is 452 g/mol. The van der Waals surface area contributed by atoms with E-state index >= 15 is 0 Å². The third kappa shape index (κ3) is 6.11. The molecule has 0 aliphatic rings. The lowest BCUT2D eigenvalue weighted by Gasteiger charge is -2.30. The van der Waals surface area contributed by atoms with Gasteiger partial charge in [-0.3, -0.25) is 9.97 Å². The molecule has 8 nitrogen and oxygen atoms in total. The van der Waals surface area contributed by atoms with Crippen molar-refractivity contribution in [2.45, 2.75) is 39.7 Å². The van der Waals surface area contributed by atoms with Crippen LogP contribution < -0.4 is 5.73 Å². The second kappa shape index (κ2) is 10.2. The van der Waals surface area contributed by atoms with Crippen LogP contribution in [0.25, 0.3) is 17.3 Å². The molecule has 0 aliphatic heterocycles. The molecule has 34 heavy (non-hydrogen) atoms. The third-order valence-electron chi connectivity index (χ3n) is 5.85. The Kier molecular flexibility index (Phi) is 7.56. The number of nitrogens with two attached hydrogens (primary N) is 1. The quantitative estimate of drug-likeness (QED) is 0.488. The van der Waals surface area contributed by atoms with Crippen LogP contribution in [0.15, 0.2) is 61.3 Å². The zero-order valence-corrected chi connectivity index (χ0v) is 20.6. The van der Waals surface area contributed by atoms with E-state index in [9.17, 15) is 13.2 Å². The van der Waals surface area contributed by atoms with Crippen molar-refractivity contribution in [2.24, 2.45) is 11.7 Å². The van der Waals surface area contributed by atoms with Gasteiger partial charge >= 0.3 is 6.09 Å². The van der Waals surface area contributed by atoms with Crippen LogP contribution in [0.1, 0.15) is 37.5 Å². The molecular formula is C25H30N4O4S. The van der Waals surface area contributed by atoms with Crippen molar-refractivity contribution in [3.63, 3.8) is 0 Å². The molecule has 0 aromatic carbocycles. The van der Waals surface area contributed by atoms with Crippen LogP contribution in [-0.2, 0) is 21.2 Å². The van der Waals surface area contributed by atoms with Gasteiger partial charge in [-0.05, 0) is 68.0 Å².